The van der Waals surface area contributed by atoms with Crippen LogP contribution in [0.3, 0.4) is 0 Å². The van der Waals surface area contributed by atoms with Gasteiger partial charge in [-0.1, -0.05) is 6.07 Å². The number of nitrogens with two attached hydrogens (primary N) is 1. The van der Waals surface area contributed by atoms with Crippen LogP contribution in [-0.4, -0.2) is 36.5 Å². The summed E-state index contributed by atoms with van der Waals surface area (Å²) in [7, 11) is 5.12. The fourth-order valence-electron chi connectivity index (χ4n) is 2.16. The molecule has 1 aromatic carbocycles. The molecular formula is C16H23N5O2. The molecule has 0 unspecified atom stereocenters. The van der Waals surface area contributed by atoms with Crippen LogP contribution in [0.1, 0.15) is 11.1 Å². The molecule has 7 heteroatoms. The van der Waals surface area contributed by atoms with Gasteiger partial charge in [0.05, 0.1) is 27.0 Å². The van der Waals surface area contributed by atoms with Gasteiger partial charge in [-0.15, -0.1) is 0 Å². The Morgan fingerprint density at radius 1 is 1.26 bits per heavy atom. The highest BCUT2D eigenvalue weighted by atomic mass is 16.5. The van der Waals surface area contributed by atoms with Gasteiger partial charge in [-0.3, -0.25) is 4.68 Å². The van der Waals surface area contributed by atoms with E-state index in [0.29, 0.717) is 19.0 Å². The number of guanidine groups is 1. The van der Waals surface area contributed by atoms with Crippen LogP contribution in [0.2, 0.25) is 0 Å². The van der Waals surface area contributed by atoms with Gasteiger partial charge in [0, 0.05) is 25.4 Å². The van der Waals surface area contributed by atoms with E-state index in [1.54, 1.807) is 25.1 Å². The number of hydrogen-bond acceptors (Lipinski definition) is 4. The first-order valence-electron chi connectivity index (χ1n) is 7.34. The molecule has 0 radical (unpaired) electrons. The van der Waals surface area contributed by atoms with Crippen molar-refractivity contribution in [1.82, 2.24) is 15.1 Å². The Morgan fingerprint density at radius 2 is 2.04 bits per heavy atom. The summed E-state index contributed by atoms with van der Waals surface area (Å²) in [5, 5.41) is 7.19. The number of benzene rings is 1. The van der Waals surface area contributed by atoms with Crippen molar-refractivity contribution in [2.24, 2.45) is 17.8 Å². The largest absolute Gasteiger partial charge is 0.493 e. The summed E-state index contributed by atoms with van der Waals surface area (Å²) < 4.78 is 12.3. The standard InChI is InChI=1S/C16H23N5O2/c1-21-11-13(10-20-21)9-19-16(17)18-7-6-12-4-5-14(22-2)15(8-12)23-3/h4-5,8,10-11H,6-7,9H2,1-3H3,(H3,17,18,19). The Morgan fingerprint density at radius 3 is 2.70 bits per heavy atom. The van der Waals surface area contributed by atoms with Crippen LogP contribution in [0.5, 0.6) is 11.5 Å². The first-order chi connectivity index (χ1) is 11.1. The number of nitrogens with zero attached hydrogens (tertiary/aromatic N) is 3. The minimum absolute atomic E-state index is 0.425. The van der Waals surface area contributed by atoms with Crippen LogP contribution < -0.4 is 20.5 Å². The third kappa shape index (κ3) is 4.91. The molecule has 2 aromatic rings. The number of ether oxygens (including phenoxy) is 2. The predicted octanol–water partition coefficient (Wildman–Crippen LogP) is 1.08. The number of aryl methyl sites for hydroxylation is 1. The van der Waals surface area contributed by atoms with Gasteiger partial charge in [0.1, 0.15) is 0 Å². The van der Waals surface area contributed by atoms with E-state index in [9.17, 15) is 0 Å². The first kappa shape index (κ1) is 16.7. The Balaban J connectivity index is 1.82. The molecule has 0 saturated heterocycles. The second-order valence-electron chi connectivity index (χ2n) is 5.09. The lowest BCUT2D eigenvalue weighted by Gasteiger charge is -2.10. The van der Waals surface area contributed by atoms with Crippen molar-refractivity contribution in [2.45, 2.75) is 13.0 Å². The topological polar surface area (TPSA) is 86.7 Å². The van der Waals surface area contributed by atoms with E-state index in [0.717, 1.165) is 29.0 Å². The minimum Gasteiger partial charge on any atom is -0.493 e. The van der Waals surface area contributed by atoms with Gasteiger partial charge in [0.15, 0.2) is 17.5 Å². The fourth-order valence-corrected chi connectivity index (χ4v) is 2.16. The summed E-state index contributed by atoms with van der Waals surface area (Å²) in [4.78, 5) is 4.29. The van der Waals surface area contributed by atoms with E-state index in [1.807, 2.05) is 31.4 Å². The zero-order valence-electron chi connectivity index (χ0n) is 13.7. The number of nitrogens with one attached hydrogen (secondary N) is 1. The van der Waals surface area contributed by atoms with Crippen molar-refractivity contribution in [3.63, 3.8) is 0 Å². The van der Waals surface area contributed by atoms with Gasteiger partial charge in [0.2, 0.25) is 0 Å². The summed E-state index contributed by atoms with van der Waals surface area (Å²) in [6, 6.07) is 5.86. The Bertz CT molecular complexity index is 666. The fraction of sp³-hybridized carbons (Fsp3) is 0.375. The molecule has 7 nitrogen and oxygen atoms in total. The van der Waals surface area contributed by atoms with E-state index < -0.39 is 0 Å². The molecule has 1 aromatic heterocycles. The molecule has 0 fully saturated rings. The Kier molecular flexibility index (Phi) is 5.85. The lowest BCUT2D eigenvalue weighted by molar-refractivity contribution is 0.354. The molecule has 23 heavy (non-hydrogen) atoms. The average molecular weight is 317 g/mol. The van der Waals surface area contributed by atoms with Crippen molar-refractivity contribution in [3.05, 3.63) is 41.7 Å². The van der Waals surface area contributed by atoms with Gasteiger partial charge < -0.3 is 20.5 Å². The first-order valence-corrected chi connectivity index (χ1v) is 7.34. The van der Waals surface area contributed by atoms with Crippen molar-refractivity contribution in [3.8, 4) is 11.5 Å². The molecule has 0 atom stereocenters. The predicted molar refractivity (Wildman–Crippen MR) is 89.8 cm³/mol. The number of aromatic nitrogens is 2. The van der Waals surface area contributed by atoms with Crippen LogP contribution in [0.15, 0.2) is 35.6 Å². The van der Waals surface area contributed by atoms with E-state index in [-0.39, 0.29) is 0 Å². The second-order valence-corrected chi connectivity index (χ2v) is 5.09. The third-order valence-corrected chi connectivity index (χ3v) is 3.36. The number of hydrogen-bond donors (Lipinski definition) is 2. The maximum Gasteiger partial charge on any atom is 0.188 e. The number of aliphatic imine (C=N–C) groups is 1. The highest BCUT2D eigenvalue weighted by Gasteiger charge is 2.04. The van der Waals surface area contributed by atoms with Gasteiger partial charge in [-0.25, -0.2) is 4.99 Å². The molecule has 2 rings (SSSR count). The molecule has 1 heterocycles. The molecule has 0 aliphatic heterocycles. The molecular weight excluding hydrogens is 294 g/mol. The maximum absolute atomic E-state index is 5.86. The average Bonchev–Trinajstić information content (AvgIpc) is 2.98. The Hall–Kier alpha value is -2.70. The molecule has 0 aliphatic carbocycles. The lowest BCUT2D eigenvalue weighted by atomic mass is 10.1. The smallest absolute Gasteiger partial charge is 0.188 e. The highest BCUT2D eigenvalue weighted by molar-refractivity contribution is 5.77. The Labute approximate surface area is 136 Å². The zero-order chi connectivity index (χ0) is 16.7. The van der Waals surface area contributed by atoms with Crippen LogP contribution in [0.25, 0.3) is 0 Å². The van der Waals surface area contributed by atoms with Crippen molar-refractivity contribution >= 4 is 5.96 Å². The van der Waals surface area contributed by atoms with Crippen molar-refractivity contribution in [1.29, 1.82) is 0 Å². The molecule has 0 aliphatic rings. The quantitative estimate of drug-likeness (QED) is 0.589. The molecule has 0 amide bonds. The van der Waals surface area contributed by atoms with E-state index >= 15 is 0 Å². The second kappa shape index (κ2) is 8.07. The molecule has 0 saturated carbocycles. The highest BCUT2D eigenvalue weighted by Crippen LogP contribution is 2.27. The van der Waals surface area contributed by atoms with E-state index in [1.165, 1.54) is 0 Å². The van der Waals surface area contributed by atoms with Crippen LogP contribution in [0, 0.1) is 0 Å². The third-order valence-electron chi connectivity index (χ3n) is 3.36. The van der Waals surface area contributed by atoms with Gasteiger partial charge in [-0.05, 0) is 24.1 Å². The summed E-state index contributed by atoms with van der Waals surface area (Å²) in [5.41, 5.74) is 8.02. The normalized spacial score (nSPS) is 11.3. The number of methoxy groups -OCH3 is 2. The SMILES string of the molecule is COc1ccc(CCNC(N)=NCc2cnn(C)c2)cc1OC. The summed E-state index contributed by atoms with van der Waals surface area (Å²) in [5.74, 6) is 1.87. The minimum atomic E-state index is 0.425. The van der Waals surface area contributed by atoms with Crippen LogP contribution >= 0.6 is 0 Å². The molecule has 3 N–H and O–H groups in total. The summed E-state index contributed by atoms with van der Waals surface area (Å²) in [6.07, 6.45) is 4.50. The molecule has 0 bridgehead atoms. The van der Waals surface area contributed by atoms with Crippen LogP contribution in [-0.2, 0) is 20.0 Å². The lowest BCUT2D eigenvalue weighted by Crippen LogP contribution is -2.33. The molecule has 124 valence electrons. The van der Waals surface area contributed by atoms with Crippen LogP contribution in [0.4, 0.5) is 0 Å². The van der Waals surface area contributed by atoms with Crippen molar-refractivity contribution < 1.29 is 9.47 Å². The van der Waals surface area contributed by atoms with Gasteiger partial charge >= 0.3 is 0 Å². The summed E-state index contributed by atoms with van der Waals surface area (Å²) in [6.45, 7) is 1.21. The van der Waals surface area contributed by atoms with Gasteiger partial charge in [0.25, 0.3) is 0 Å². The molecule has 0 spiro atoms. The summed E-state index contributed by atoms with van der Waals surface area (Å²) >= 11 is 0. The van der Waals surface area contributed by atoms with Crippen molar-refractivity contribution in [2.75, 3.05) is 20.8 Å². The van der Waals surface area contributed by atoms with Gasteiger partial charge in [-0.2, -0.15) is 5.10 Å². The maximum atomic E-state index is 5.86. The van der Waals surface area contributed by atoms with E-state index in [4.69, 9.17) is 15.2 Å². The monoisotopic (exact) mass is 317 g/mol. The van der Waals surface area contributed by atoms with E-state index in [2.05, 4.69) is 15.4 Å². The number of rotatable bonds is 7. The zero-order valence-corrected chi connectivity index (χ0v) is 13.7.